The summed E-state index contributed by atoms with van der Waals surface area (Å²) in [6.07, 6.45) is 5.02. The fourth-order valence-corrected chi connectivity index (χ4v) is 2.81. The zero-order valence-corrected chi connectivity index (χ0v) is 11.0. The molecule has 0 radical (unpaired) electrons. The lowest BCUT2D eigenvalue weighted by Crippen LogP contribution is -2.28. The van der Waals surface area contributed by atoms with E-state index < -0.39 is 0 Å². The van der Waals surface area contributed by atoms with Gasteiger partial charge in [-0.1, -0.05) is 0 Å². The molecule has 1 aliphatic heterocycles. The van der Waals surface area contributed by atoms with Crippen molar-refractivity contribution in [3.8, 4) is 0 Å². The van der Waals surface area contributed by atoms with E-state index in [0.29, 0.717) is 12.1 Å². The average molecular weight is 248 g/mol. The first-order valence-electron chi connectivity index (χ1n) is 7.02. The summed E-state index contributed by atoms with van der Waals surface area (Å²) in [5.41, 5.74) is 2.32. The maximum absolute atomic E-state index is 13.4. The molecular formula is C15H21FN2. The molecule has 1 aromatic rings. The van der Waals surface area contributed by atoms with Crippen molar-refractivity contribution in [2.45, 2.75) is 51.2 Å². The normalized spacial score (nSPS) is 23.7. The van der Waals surface area contributed by atoms with E-state index in [1.54, 1.807) is 12.1 Å². The molecule has 0 spiro atoms. The van der Waals surface area contributed by atoms with Crippen LogP contribution in [0.3, 0.4) is 0 Å². The SMILES string of the molecule is CC1CCCN1c1ccc(F)cc1CNC1CC1. The number of rotatable bonds is 4. The first-order chi connectivity index (χ1) is 8.74. The van der Waals surface area contributed by atoms with Gasteiger partial charge < -0.3 is 10.2 Å². The molecule has 1 aliphatic carbocycles. The molecule has 1 atom stereocenters. The molecule has 2 aliphatic rings. The summed E-state index contributed by atoms with van der Waals surface area (Å²) in [5.74, 6) is -0.127. The minimum atomic E-state index is -0.127. The van der Waals surface area contributed by atoms with Crippen molar-refractivity contribution >= 4 is 5.69 Å². The lowest BCUT2D eigenvalue weighted by Gasteiger charge is -2.26. The second-order valence-corrected chi connectivity index (χ2v) is 5.61. The minimum absolute atomic E-state index is 0.127. The van der Waals surface area contributed by atoms with Gasteiger partial charge >= 0.3 is 0 Å². The molecule has 1 saturated carbocycles. The summed E-state index contributed by atoms with van der Waals surface area (Å²) in [5, 5.41) is 3.49. The van der Waals surface area contributed by atoms with Crippen LogP contribution in [-0.2, 0) is 6.54 Å². The van der Waals surface area contributed by atoms with Crippen LogP contribution in [0, 0.1) is 5.82 Å². The predicted octanol–water partition coefficient (Wildman–Crippen LogP) is 3.07. The molecule has 0 aromatic heterocycles. The zero-order chi connectivity index (χ0) is 12.5. The molecular weight excluding hydrogens is 227 g/mol. The van der Waals surface area contributed by atoms with Gasteiger partial charge in [0.25, 0.3) is 0 Å². The van der Waals surface area contributed by atoms with Crippen molar-refractivity contribution in [1.29, 1.82) is 0 Å². The number of hydrogen-bond donors (Lipinski definition) is 1. The standard InChI is InChI=1S/C15H21FN2/c1-11-3-2-8-18(11)15-7-4-13(16)9-12(15)10-17-14-5-6-14/h4,7,9,11,14,17H,2-3,5-6,8,10H2,1H3. The summed E-state index contributed by atoms with van der Waals surface area (Å²) in [4.78, 5) is 2.42. The van der Waals surface area contributed by atoms with E-state index in [-0.39, 0.29) is 5.82 Å². The zero-order valence-electron chi connectivity index (χ0n) is 11.0. The topological polar surface area (TPSA) is 15.3 Å². The van der Waals surface area contributed by atoms with E-state index in [1.165, 1.54) is 31.4 Å². The summed E-state index contributed by atoms with van der Waals surface area (Å²) >= 11 is 0. The van der Waals surface area contributed by atoms with Crippen molar-refractivity contribution in [2.75, 3.05) is 11.4 Å². The smallest absolute Gasteiger partial charge is 0.123 e. The van der Waals surface area contributed by atoms with Crippen LogP contribution < -0.4 is 10.2 Å². The average Bonchev–Trinajstić information content (AvgIpc) is 3.09. The maximum Gasteiger partial charge on any atom is 0.123 e. The summed E-state index contributed by atoms with van der Waals surface area (Å²) in [6, 6.07) is 6.46. The van der Waals surface area contributed by atoms with Gasteiger partial charge in [-0.15, -0.1) is 0 Å². The largest absolute Gasteiger partial charge is 0.369 e. The predicted molar refractivity (Wildman–Crippen MR) is 72.3 cm³/mol. The minimum Gasteiger partial charge on any atom is -0.369 e. The van der Waals surface area contributed by atoms with Crippen LogP contribution in [0.4, 0.5) is 10.1 Å². The van der Waals surface area contributed by atoms with Crippen molar-refractivity contribution in [3.05, 3.63) is 29.6 Å². The van der Waals surface area contributed by atoms with E-state index in [9.17, 15) is 4.39 Å². The van der Waals surface area contributed by atoms with Crippen LogP contribution in [0.5, 0.6) is 0 Å². The number of halogens is 1. The Morgan fingerprint density at radius 2 is 2.17 bits per heavy atom. The van der Waals surface area contributed by atoms with Gasteiger partial charge in [-0.3, -0.25) is 0 Å². The first-order valence-corrected chi connectivity index (χ1v) is 7.02. The van der Waals surface area contributed by atoms with Gasteiger partial charge in [0.1, 0.15) is 5.82 Å². The molecule has 2 nitrogen and oxygen atoms in total. The van der Waals surface area contributed by atoms with Crippen LogP contribution in [0.1, 0.15) is 38.2 Å². The van der Waals surface area contributed by atoms with Gasteiger partial charge in [0.05, 0.1) is 0 Å². The third-order valence-electron chi connectivity index (χ3n) is 4.06. The van der Waals surface area contributed by atoms with Gasteiger partial charge in [0.15, 0.2) is 0 Å². The molecule has 1 aromatic carbocycles. The summed E-state index contributed by atoms with van der Waals surface area (Å²) in [7, 11) is 0. The van der Waals surface area contributed by atoms with Crippen LogP contribution in [0.2, 0.25) is 0 Å². The van der Waals surface area contributed by atoms with Crippen molar-refractivity contribution < 1.29 is 4.39 Å². The lowest BCUT2D eigenvalue weighted by atomic mass is 10.1. The highest BCUT2D eigenvalue weighted by atomic mass is 19.1. The van der Waals surface area contributed by atoms with Gasteiger partial charge in [0.2, 0.25) is 0 Å². The molecule has 18 heavy (non-hydrogen) atoms. The monoisotopic (exact) mass is 248 g/mol. The summed E-state index contributed by atoms with van der Waals surface area (Å²) < 4.78 is 13.4. The second kappa shape index (κ2) is 4.88. The highest BCUT2D eigenvalue weighted by Crippen LogP contribution is 2.30. The Morgan fingerprint density at radius 1 is 1.33 bits per heavy atom. The number of nitrogens with one attached hydrogen (secondary N) is 1. The number of hydrogen-bond acceptors (Lipinski definition) is 2. The molecule has 3 heteroatoms. The Balaban J connectivity index is 1.81. The fourth-order valence-electron chi connectivity index (χ4n) is 2.81. The molecule has 1 heterocycles. The van der Waals surface area contributed by atoms with E-state index >= 15 is 0 Å². The Kier molecular flexibility index (Phi) is 3.25. The first kappa shape index (κ1) is 12.0. The van der Waals surface area contributed by atoms with Crippen molar-refractivity contribution in [2.24, 2.45) is 0 Å². The van der Waals surface area contributed by atoms with Gasteiger partial charge in [0, 0.05) is 30.9 Å². The fraction of sp³-hybridized carbons (Fsp3) is 0.600. The molecule has 0 amide bonds. The van der Waals surface area contributed by atoms with E-state index in [0.717, 1.165) is 18.7 Å². The Hall–Kier alpha value is -1.09. The van der Waals surface area contributed by atoms with Gasteiger partial charge in [-0.2, -0.15) is 0 Å². The highest BCUT2D eigenvalue weighted by molar-refractivity contribution is 5.55. The Morgan fingerprint density at radius 3 is 2.83 bits per heavy atom. The van der Waals surface area contributed by atoms with Gasteiger partial charge in [-0.05, 0) is 56.4 Å². The lowest BCUT2D eigenvalue weighted by molar-refractivity contribution is 0.617. The molecule has 98 valence electrons. The van der Waals surface area contributed by atoms with E-state index in [2.05, 4.69) is 17.1 Å². The molecule has 1 N–H and O–H groups in total. The Bertz CT molecular complexity index is 429. The summed E-state index contributed by atoms with van der Waals surface area (Å²) in [6.45, 7) is 4.15. The second-order valence-electron chi connectivity index (χ2n) is 5.61. The molecule has 3 rings (SSSR count). The Labute approximate surface area is 108 Å². The van der Waals surface area contributed by atoms with E-state index in [4.69, 9.17) is 0 Å². The third kappa shape index (κ3) is 2.51. The highest BCUT2D eigenvalue weighted by Gasteiger charge is 2.24. The number of benzene rings is 1. The quantitative estimate of drug-likeness (QED) is 0.881. The number of anilines is 1. The van der Waals surface area contributed by atoms with E-state index in [1.807, 2.05) is 6.07 Å². The molecule has 1 saturated heterocycles. The maximum atomic E-state index is 13.4. The molecule has 2 fully saturated rings. The number of nitrogens with zero attached hydrogens (tertiary/aromatic N) is 1. The third-order valence-corrected chi connectivity index (χ3v) is 4.06. The van der Waals surface area contributed by atoms with Crippen molar-refractivity contribution in [1.82, 2.24) is 5.32 Å². The van der Waals surface area contributed by atoms with Gasteiger partial charge in [-0.25, -0.2) is 4.39 Å². The molecule has 0 bridgehead atoms. The van der Waals surface area contributed by atoms with Crippen molar-refractivity contribution in [3.63, 3.8) is 0 Å². The molecule has 1 unspecified atom stereocenters. The van der Waals surface area contributed by atoms with Crippen LogP contribution in [0.25, 0.3) is 0 Å². The van der Waals surface area contributed by atoms with Crippen LogP contribution in [-0.4, -0.2) is 18.6 Å². The van der Waals surface area contributed by atoms with Crippen LogP contribution >= 0.6 is 0 Å². The van der Waals surface area contributed by atoms with Crippen LogP contribution in [0.15, 0.2) is 18.2 Å².